The average molecular weight is 272 g/mol. The van der Waals surface area contributed by atoms with Crippen LogP contribution in [0.3, 0.4) is 0 Å². The number of carboxylic acid groups (broad SMARTS) is 1. The van der Waals surface area contributed by atoms with E-state index in [0.29, 0.717) is 0 Å². The van der Waals surface area contributed by atoms with Crippen LogP contribution in [-0.4, -0.2) is 23.0 Å². The highest BCUT2D eigenvalue weighted by molar-refractivity contribution is 5.86. The summed E-state index contributed by atoms with van der Waals surface area (Å²) in [7, 11) is 0. The largest absolute Gasteiger partial charge is 0.481 e. The number of nitrogens with two attached hydrogens (primary N) is 1. The minimum absolute atomic E-state index is 0.0316. The molecule has 1 aromatic carbocycles. The monoisotopic (exact) mass is 272 g/mol. The van der Waals surface area contributed by atoms with Gasteiger partial charge in [-0.3, -0.25) is 9.59 Å². The second-order valence-electron chi connectivity index (χ2n) is 4.10. The van der Waals surface area contributed by atoms with E-state index in [1.807, 2.05) is 0 Å². The summed E-state index contributed by atoms with van der Waals surface area (Å²) in [4.78, 5) is 21.9. The van der Waals surface area contributed by atoms with Gasteiger partial charge in [0.1, 0.15) is 11.6 Å². The Bertz CT molecular complexity index is 494. The van der Waals surface area contributed by atoms with Crippen LogP contribution in [0.25, 0.3) is 0 Å². The number of amides is 1. The molecule has 2 unspecified atom stereocenters. The molecule has 19 heavy (non-hydrogen) atoms. The molecule has 0 heterocycles. The topological polar surface area (TPSA) is 92.4 Å². The Morgan fingerprint density at radius 3 is 2.63 bits per heavy atom. The maximum atomic E-state index is 13.4. The van der Waals surface area contributed by atoms with Crippen molar-refractivity contribution in [2.45, 2.75) is 25.4 Å². The molecule has 0 bridgehead atoms. The quantitative estimate of drug-likeness (QED) is 0.744. The fourth-order valence-electron chi connectivity index (χ4n) is 1.53. The van der Waals surface area contributed by atoms with Crippen molar-refractivity contribution in [3.63, 3.8) is 0 Å². The molecule has 0 fully saturated rings. The molecule has 1 aromatic rings. The number of carboxylic acids is 1. The van der Waals surface area contributed by atoms with E-state index in [1.54, 1.807) is 0 Å². The van der Waals surface area contributed by atoms with Crippen molar-refractivity contribution in [2.24, 2.45) is 5.73 Å². The van der Waals surface area contributed by atoms with E-state index in [2.05, 4.69) is 5.32 Å². The van der Waals surface area contributed by atoms with Crippen LogP contribution in [-0.2, 0) is 9.59 Å². The molecule has 5 nitrogen and oxygen atoms in total. The molecule has 1 rings (SSSR count). The Labute approximate surface area is 108 Å². The molecule has 0 aliphatic carbocycles. The molecule has 0 aliphatic rings. The second-order valence-corrected chi connectivity index (χ2v) is 4.10. The number of nitrogens with one attached hydrogen (secondary N) is 1. The van der Waals surface area contributed by atoms with Gasteiger partial charge in [0.05, 0.1) is 18.5 Å². The Morgan fingerprint density at radius 2 is 2.05 bits per heavy atom. The highest BCUT2D eigenvalue weighted by Crippen LogP contribution is 2.18. The summed E-state index contributed by atoms with van der Waals surface area (Å²) in [5.41, 5.74) is 5.32. The first-order valence-corrected chi connectivity index (χ1v) is 5.54. The van der Waals surface area contributed by atoms with Crippen LogP contribution >= 0.6 is 0 Å². The lowest BCUT2D eigenvalue weighted by Crippen LogP contribution is -2.43. The van der Waals surface area contributed by atoms with Gasteiger partial charge < -0.3 is 16.2 Å². The van der Waals surface area contributed by atoms with Crippen molar-refractivity contribution in [2.75, 3.05) is 0 Å². The number of hydrogen-bond donors (Lipinski definition) is 3. The van der Waals surface area contributed by atoms with E-state index in [9.17, 15) is 18.4 Å². The molecule has 0 radical (unpaired) electrons. The predicted octanol–water partition coefficient (Wildman–Crippen LogP) is 0.944. The number of carbonyl (C=O) groups excluding carboxylic acids is 1. The Hall–Kier alpha value is -2.02. The molecule has 1 amide bonds. The first kappa shape index (κ1) is 15.0. The van der Waals surface area contributed by atoms with Gasteiger partial charge in [-0.1, -0.05) is 0 Å². The number of aliphatic carboxylic acids is 1. The van der Waals surface area contributed by atoms with E-state index in [1.165, 1.54) is 6.92 Å². The second kappa shape index (κ2) is 6.24. The summed E-state index contributed by atoms with van der Waals surface area (Å²) in [6.45, 7) is 1.45. The fraction of sp³-hybridized carbons (Fsp3) is 0.333. The maximum Gasteiger partial charge on any atom is 0.305 e. The summed E-state index contributed by atoms with van der Waals surface area (Å²) in [6, 6.07) is 0.816. The Kier molecular flexibility index (Phi) is 4.94. The third-order valence-corrected chi connectivity index (χ3v) is 2.51. The molecular weight excluding hydrogens is 258 g/mol. The normalized spacial score (nSPS) is 13.7. The SMILES string of the molecule is CC(NC(=O)C(N)CC(=O)O)c1cc(F)ccc1F. The number of rotatable bonds is 5. The van der Waals surface area contributed by atoms with Gasteiger partial charge in [-0.05, 0) is 25.1 Å². The number of benzene rings is 1. The highest BCUT2D eigenvalue weighted by Gasteiger charge is 2.20. The van der Waals surface area contributed by atoms with Crippen LogP contribution in [0.15, 0.2) is 18.2 Å². The molecule has 0 aromatic heterocycles. The Morgan fingerprint density at radius 1 is 1.42 bits per heavy atom. The molecule has 104 valence electrons. The number of halogens is 2. The third kappa shape index (κ3) is 4.29. The van der Waals surface area contributed by atoms with Gasteiger partial charge in [0.15, 0.2) is 0 Å². The van der Waals surface area contributed by atoms with Crippen LogP contribution in [0.1, 0.15) is 24.9 Å². The summed E-state index contributed by atoms with van der Waals surface area (Å²) in [5.74, 6) is -3.25. The smallest absolute Gasteiger partial charge is 0.305 e. The van der Waals surface area contributed by atoms with E-state index in [0.717, 1.165) is 18.2 Å². The fourth-order valence-corrected chi connectivity index (χ4v) is 1.53. The number of hydrogen-bond acceptors (Lipinski definition) is 3. The summed E-state index contributed by atoms with van der Waals surface area (Å²) >= 11 is 0. The number of carbonyl (C=O) groups is 2. The molecule has 4 N–H and O–H groups in total. The van der Waals surface area contributed by atoms with Crippen LogP contribution in [0, 0.1) is 11.6 Å². The van der Waals surface area contributed by atoms with E-state index >= 15 is 0 Å². The summed E-state index contributed by atoms with van der Waals surface area (Å²) < 4.78 is 26.4. The van der Waals surface area contributed by atoms with Crippen molar-refractivity contribution < 1.29 is 23.5 Å². The molecule has 0 spiro atoms. The van der Waals surface area contributed by atoms with E-state index in [-0.39, 0.29) is 5.56 Å². The molecule has 0 saturated heterocycles. The lowest BCUT2D eigenvalue weighted by Gasteiger charge is -2.17. The minimum Gasteiger partial charge on any atom is -0.481 e. The maximum absolute atomic E-state index is 13.4. The van der Waals surface area contributed by atoms with Crippen molar-refractivity contribution >= 4 is 11.9 Å². The predicted molar refractivity (Wildman–Crippen MR) is 63.1 cm³/mol. The molecule has 0 aliphatic heterocycles. The van der Waals surface area contributed by atoms with Gasteiger partial charge in [-0.2, -0.15) is 0 Å². The van der Waals surface area contributed by atoms with Gasteiger partial charge in [-0.15, -0.1) is 0 Å². The zero-order chi connectivity index (χ0) is 14.6. The highest BCUT2D eigenvalue weighted by atomic mass is 19.1. The van der Waals surface area contributed by atoms with E-state index in [4.69, 9.17) is 10.8 Å². The van der Waals surface area contributed by atoms with Gasteiger partial charge in [0, 0.05) is 5.56 Å². The first-order chi connectivity index (χ1) is 8.81. The third-order valence-electron chi connectivity index (χ3n) is 2.51. The zero-order valence-corrected chi connectivity index (χ0v) is 10.2. The van der Waals surface area contributed by atoms with Crippen molar-refractivity contribution in [3.05, 3.63) is 35.4 Å². The molecule has 7 heteroatoms. The lowest BCUT2D eigenvalue weighted by molar-refractivity contribution is -0.139. The zero-order valence-electron chi connectivity index (χ0n) is 10.2. The molecule has 0 saturated carbocycles. The minimum atomic E-state index is -1.24. The van der Waals surface area contributed by atoms with Crippen molar-refractivity contribution in [3.8, 4) is 0 Å². The van der Waals surface area contributed by atoms with Crippen LogP contribution in [0.2, 0.25) is 0 Å². The Balaban J connectivity index is 2.73. The van der Waals surface area contributed by atoms with Crippen LogP contribution < -0.4 is 11.1 Å². The van der Waals surface area contributed by atoms with Crippen LogP contribution in [0.5, 0.6) is 0 Å². The van der Waals surface area contributed by atoms with Gasteiger partial charge in [-0.25, -0.2) is 8.78 Å². The summed E-state index contributed by atoms with van der Waals surface area (Å²) in [6.07, 6.45) is -0.538. The van der Waals surface area contributed by atoms with E-state index < -0.39 is 42.0 Å². The molecular formula is C12H14F2N2O3. The van der Waals surface area contributed by atoms with Crippen LogP contribution in [0.4, 0.5) is 8.78 Å². The van der Waals surface area contributed by atoms with Gasteiger partial charge in [0.2, 0.25) is 5.91 Å². The summed E-state index contributed by atoms with van der Waals surface area (Å²) in [5, 5.41) is 10.8. The first-order valence-electron chi connectivity index (χ1n) is 5.54. The van der Waals surface area contributed by atoms with Gasteiger partial charge >= 0.3 is 5.97 Å². The van der Waals surface area contributed by atoms with Crippen molar-refractivity contribution in [1.82, 2.24) is 5.32 Å². The molecule has 2 atom stereocenters. The lowest BCUT2D eigenvalue weighted by atomic mass is 10.1. The average Bonchev–Trinajstić information content (AvgIpc) is 2.31. The standard InChI is InChI=1S/C12H14F2N2O3/c1-6(8-4-7(13)2-3-9(8)14)16-12(19)10(15)5-11(17)18/h2-4,6,10H,5,15H2,1H3,(H,16,19)(H,17,18). The van der Waals surface area contributed by atoms with Crippen molar-refractivity contribution in [1.29, 1.82) is 0 Å². The van der Waals surface area contributed by atoms with Gasteiger partial charge in [0.25, 0.3) is 0 Å².